The smallest absolute Gasteiger partial charge is 0.123 e. The zero-order valence-corrected chi connectivity index (χ0v) is 17.7. The Hall–Kier alpha value is -1.28. The van der Waals surface area contributed by atoms with Crippen LogP contribution in [0.2, 0.25) is 0 Å². The summed E-state index contributed by atoms with van der Waals surface area (Å²) in [5.74, 6) is 0.941. The minimum absolute atomic E-state index is 0.0436. The standard InChI is InChI=1S/C25H40O2/c1-3-4-5-6-7-8-9-10-11-12-13-14-15-16-23-17-19-24(20-18-23)26-21-25(2)22-27-25/h13-14,17-20H,3-12,15-16,21-22H2,1-2H3/b14-13+. The van der Waals surface area contributed by atoms with E-state index in [1.165, 1.54) is 69.8 Å². The van der Waals surface area contributed by atoms with Gasteiger partial charge in [0.25, 0.3) is 0 Å². The highest BCUT2D eigenvalue weighted by molar-refractivity contribution is 5.27. The van der Waals surface area contributed by atoms with Crippen LogP contribution in [0.3, 0.4) is 0 Å². The molecule has 0 spiro atoms. The van der Waals surface area contributed by atoms with Gasteiger partial charge in [0.1, 0.15) is 18.0 Å². The molecule has 152 valence electrons. The van der Waals surface area contributed by atoms with Gasteiger partial charge in [0.2, 0.25) is 0 Å². The quantitative estimate of drug-likeness (QED) is 0.173. The summed E-state index contributed by atoms with van der Waals surface area (Å²) in [7, 11) is 0. The van der Waals surface area contributed by atoms with E-state index in [4.69, 9.17) is 9.47 Å². The average molecular weight is 373 g/mol. The second-order valence-corrected chi connectivity index (χ2v) is 8.30. The van der Waals surface area contributed by atoms with Crippen molar-refractivity contribution in [1.29, 1.82) is 0 Å². The van der Waals surface area contributed by atoms with Crippen LogP contribution in [0.1, 0.15) is 90.0 Å². The molecule has 1 aromatic carbocycles. The number of aryl methyl sites for hydroxylation is 1. The van der Waals surface area contributed by atoms with Crippen molar-refractivity contribution in [3.63, 3.8) is 0 Å². The number of hydrogen-bond acceptors (Lipinski definition) is 2. The molecule has 1 unspecified atom stereocenters. The van der Waals surface area contributed by atoms with Gasteiger partial charge in [-0.05, 0) is 50.3 Å². The number of allylic oxidation sites excluding steroid dienone is 2. The van der Waals surface area contributed by atoms with E-state index in [0.717, 1.165) is 25.2 Å². The van der Waals surface area contributed by atoms with E-state index in [-0.39, 0.29) is 5.60 Å². The summed E-state index contributed by atoms with van der Waals surface area (Å²) >= 11 is 0. The molecule has 2 nitrogen and oxygen atoms in total. The highest BCUT2D eigenvalue weighted by atomic mass is 16.6. The van der Waals surface area contributed by atoms with Crippen LogP contribution in [0.25, 0.3) is 0 Å². The van der Waals surface area contributed by atoms with Gasteiger partial charge in [-0.1, -0.05) is 82.6 Å². The highest BCUT2D eigenvalue weighted by Crippen LogP contribution is 2.27. The highest BCUT2D eigenvalue weighted by Gasteiger charge is 2.40. The summed E-state index contributed by atoms with van der Waals surface area (Å²) in [5, 5.41) is 0. The lowest BCUT2D eigenvalue weighted by atomic mass is 10.1. The summed E-state index contributed by atoms with van der Waals surface area (Å²) in [6, 6.07) is 8.51. The average Bonchev–Trinajstić information content (AvgIpc) is 3.42. The molecule has 2 heteroatoms. The first-order chi connectivity index (χ1) is 13.2. The van der Waals surface area contributed by atoms with Crippen molar-refractivity contribution in [3.8, 4) is 5.75 Å². The van der Waals surface area contributed by atoms with E-state index in [2.05, 4.69) is 50.3 Å². The van der Waals surface area contributed by atoms with E-state index in [1.54, 1.807) is 0 Å². The molecule has 1 atom stereocenters. The molecule has 1 aliphatic heterocycles. The second-order valence-electron chi connectivity index (χ2n) is 8.30. The van der Waals surface area contributed by atoms with Crippen LogP contribution in [0.4, 0.5) is 0 Å². The fourth-order valence-electron chi connectivity index (χ4n) is 3.25. The van der Waals surface area contributed by atoms with Gasteiger partial charge in [-0.3, -0.25) is 0 Å². The molecule has 0 N–H and O–H groups in total. The first-order valence-corrected chi connectivity index (χ1v) is 11.2. The maximum atomic E-state index is 5.77. The van der Waals surface area contributed by atoms with E-state index in [1.807, 2.05) is 0 Å². The molecule has 2 rings (SSSR count). The van der Waals surface area contributed by atoms with Crippen molar-refractivity contribution >= 4 is 0 Å². The lowest BCUT2D eigenvalue weighted by Gasteiger charge is -2.09. The molecule has 0 saturated carbocycles. The molecule has 27 heavy (non-hydrogen) atoms. The summed E-state index contributed by atoms with van der Waals surface area (Å²) in [5.41, 5.74) is 1.34. The Kier molecular flexibility index (Phi) is 10.6. The number of benzene rings is 1. The molecule has 0 bridgehead atoms. The van der Waals surface area contributed by atoms with Crippen LogP contribution < -0.4 is 4.74 Å². The van der Waals surface area contributed by atoms with Crippen LogP contribution in [0.5, 0.6) is 5.75 Å². The largest absolute Gasteiger partial charge is 0.491 e. The number of hydrogen-bond donors (Lipinski definition) is 0. The molecular weight excluding hydrogens is 332 g/mol. The maximum Gasteiger partial charge on any atom is 0.123 e. The molecule has 0 radical (unpaired) electrons. The molecule has 0 amide bonds. The number of epoxide rings is 1. The van der Waals surface area contributed by atoms with Crippen molar-refractivity contribution in [2.24, 2.45) is 0 Å². The van der Waals surface area contributed by atoms with E-state index < -0.39 is 0 Å². The number of rotatable bonds is 16. The Bertz CT molecular complexity index is 514. The van der Waals surface area contributed by atoms with Crippen molar-refractivity contribution in [3.05, 3.63) is 42.0 Å². The lowest BCUT2D eigenvalue weighted by Crippen LogP contribution is -2.16. The molecule has 1 aliphatic rings. The van der Waals surface area contributed by atoms with Gasteiger partial charge in [-0.15, -0.1) is 0 Å². The minimum Gasteiger partial charge on any atom is -0.491 e. The SMILES string of the molecule is CCCCCCCCCCC/C=C/CCc1ccc(OCC2(C)CO2)cc1. The van der Waals surface area contributed by atoms with Crippen LogP contribution in [0, 0.1) is 0 Å². The topological polar surface area (TPSA) is 21.8 Å². The van der Waals surface area contributed by atoms with Gasteiger partial charge in [-0.25, -0.2) is 0 Å². The normalized spacial score (nSPS) is 18.9. The summed E-state index contributed by atoms with van der Waals surface area (Å²) < 4.78 is 11.1. The van der Waals surface area contributed by atoms with Gasteiger partial charge >= 0.3 is 0 Å². The Morgan fingerprint density at radius 1 is 0.889 bits per heavy atom. The Labute approximate surface area is 167 Å². The van der Waals surface area contributed by atoms with Crippen LogP contribution >= 0.6 is 0 Å². The monoisotopic (exact) mass is 372 g/mol. The fraction of sp³-hybridized carbons (Fsp3) is 0.680. The van der Waals surface area contributed by atoms with E-state index in [9.17, 15) is 0 Å². The molecule has 1 saturated heterocycles. The van der Waals surface area contributed by atoms with Crippen LogP contribution in [0.15, 0.2) is 36.4 Å². The lowest BCUT2D eigenvalue weighted by molar-refractivity contribution is 0.202. The predicted octanol–water partition coefficient (Wildman–Crippen LogP) is 7.26. The van der Waals surface area contributed by atoms with Gasteiger partial charge < -0.3 is 9.47 Å². The fourth-order valence-corrected chi connectivity index (χ4v) is 3.25. The van der Waals surface area contributed by atoms with Gasteiger partial charge in [0.05, 0.1) is 6.61 Å². The first-order valence-electron chi connectivity index (χ1n) is 11.2. The summed E-state index contributed by atoms with van der Waals surface area (Å²) in [6.45, 7) is 5.83. The van der Waals surface area contributed by atoms with Gasteiger partial charge in [0, 0.05) is 0 Å². The van der Waals surface area contributed by atoms with E-state index >= 15 is 0 Å². The number of ether oxygens (including phenoxy) is 2. The molecule has 1 fully saturated rings. The second kappa shape index (κ2) is 13.0. The van der Waals surface area contributed by atoms with Gasteiger partial charge in [-0.2, -0.15) is 0 Å². The third-order valence-electron chi connectivity index (χ3n) is 5.35. The third kappa shape index (κ3) is 10.6. The van der Waals surface area contributed by atoms with Crippen molar-refractivity contribution in [1.82, 2.24) is 0 Å². The zero-order chi connectivity index (χ0) is 19.2. The third-order valence-corrected chi connectivity index (χ3v) is 5.35. The van der Waals surface area contributed by atoms with Crippen LogP contribution in [-0.2, 0) is 11.2 Å². The Morgan fingerprint density at radius 3 is 2.11 bits per heavy atom. The van der Waals surface area contributed by atoms with Gasteiger partial charge in [0.15, 0.2) is 0 Å². The number of unbranched alkanes of at least 4 members (excludes halogenated alkanes) is 9. The van der Waals surface area contributed by atoms with Crippen LogP contribution in [-0.4, -0.2) is 18.8 Å². The minimum atomic E-state index is -0.0436. The molecule has 1 heterocycles. The zero-order valence-electron chi connectivity index (χ0n) is 17.7. The Morgan fingerprint density at radius 2 is 1.48 bits per heavy atom. The van der Waals surface area contributed by atoms with Crippen molar-refractivity contribution in [2.45, 2.75) is 96.5 Å². The first kappa shape index (κ1) is 22.0. The maximum absolute atomic E-state index is 5.77. The molecule has 1 aromatic rings. The Balaban J connectivity index is 1.42. The van der Waals surface area contributed by atoms with E-state index in [0.29, 0.717) is 6.61 Å². The summed E-state index contributed by atoms with van der Waals surface area (Å²) in [4.78, 5) is 0. The molecular formula is C25H40O2. The summed E-state index contributed by atoms with van der Waals surface area (Å²) in [6.07, 6.45) is 20.9. The predicted molar refractivity (Wildman–Crippen MR) is 116 cm³/mol. The van der Waals surface area contributed by atoms with Crippen molar-refractivity contribution < 1.29 is 9.47 Å². The molecule has 0 aliphatic carbocycles. The van der Waals surface area contributed by atoms with Crippen molar-refractivity contribution in [2.75, 3.05) is 13.2 Å². The molecule has 0 aromatic heterocycles.